The molecule has 0 spiro atoms. The van der Waals surface area contributed by atoms with E-state index >= 15 is 0 Å². The molecule has 0 aliphatic heterocycles. The first-order valence-corrected chi connectivity index (χ1v) is 5.69. The van der Waals surface area contributed by atoms with E-state index in [2.05, 4.69) is 15.3 Å². The summed E-state index contributed by atoms with van der Waals surface area (Å²) in [6.45, 7) is 1.92. The minimum Gasteiger partial charge on any atom is -0.298 e. The largest absolute Gasteiger partial charge is 0.298 e. The number of pyridine rings is 1. The number of amides is 1. The monoisotopic (exact) mass is 253 g/mol. The smallest absolute Gasteiger partial charge is 0.259 e. The third kappa shape index (κ3) is 2.37. The van der Waals surface area contributed by atoms with Crippen LogP contribution >= 0.6 is 22.9 Å². The fourth-order valence-corrected chi connectivity index (χ4v) is 2.00. The van der Waals surface area contributed by atoms with Crippen molar-refractivity contribution in [1.29, 1.82) is 0 Å². The van der Waals surface area contributed by atoms with E-state index in [0.29, 0.717) is 15.7 Å². The van der Waals surface area contributed by atoms with E-state index in [0.717, 1.165) is 4.88 Å². The number of aryl methyl sites for hydroxylation is 1. The van der Waals surface area contributed by atoms with Crippen LogP contribution in [0.4, 0.5) is 5.13 Å². The van der Waals surface area contributed by atoms with Crippen LogP contribution in [0, 0.1) is 6.92 Å². The second-order valence-corrected chi connectivity index (χ2v) is 4.73. The summed E-state index contributed by atoms with van der Waals surface area (Å²) < 4.78 is 0. The lowest BCUT2D eigenvalue weighted by atomic mass is 10.2. The Morgan fingerprint density at radius 3 is 2.94 bits per heavy atom. The standard InChI is InChI=1S/C10H8ClN3OS/c1-6-4-13-10(16-6)14-9(15)7-2-3-12-5-8(7)11/h2-5H,1H3,(H,13,14,15). The van der Waals surface area contributed by atoms with Crippen molar-refractivity contribution in [2.75, 3.05) is 5.32 Å². The average molecular weight is 254 g/mol. The highest BCUT2D eigenvalue weighted by Gasteiger charge is 2.11. The Hall–Kier alpha value is -1.46. The van der Waals surface area contributed by atoms with Crippen LogP contribution in [0.2, 0.25) is 5.02 Å². The Labute approximate surface area is 101 Å². The van der Waals surface area contributed by atoms with Crippen LogP contribution in [0.1, 0.15) is 15.2 Å². The summed E-state index contributed by atoms with van der Waals surface area (Å²) in [7, 11) is 0. The van der Waals surface area contributed by atoms with Gasteiger partial charge in [0.25, 0.3) is 5.91 Å². The highest BCUT2D eigenvalue weighted by Crippen LogP contribution is 2.19. The van der Waals surface area contributed by atoms with Crippen LogP contribution in [-0.2, 0) is 0 Å². The van der Waals surface area contributed by atoms with Crippen LogP contribution in [0.25, 0.3) is 0 Å². The molecule has 2 rings (SSSR count). The fourth-order valence-electron chi connectivity index (χ4n) is 1.14. The molecule has 2 aromatic rings. The van der Waals surface area contributed by atoms with Gasteiger partial charge in [-0.1, -0.05) is 11.6 Å². The maximum atomic E-state index is 11.8. The molecule has 0 atom stereocenters. The van der Waals surface area contributed by atoms with Gasteiger partial charge in [0.2, 0.25) is 0 Å². The molecule has 82 valence electrons. The topological polar surface area (TPSA) is 54.9 Å². The van der Waals surface area contributed by atoms with Gasteiger partial charge in [-0.05, 0) is 13.0 Å². The number of anilines is 1. The average Bonchev–Trinajstić information content (AvgIpc) is 2.64. The quantitative estimate of drug-likeness (QED) is 0.895. The summed E-state index contributed by atoms with van der Waals surface area (Å²) in [5.41, 5.74) is 0.393. The molecule has 0 saturated carbocycles. The lowest BCUT2D eigenvalue weighted by molar-refractivity contribution is 0.102. The first kappa shape index (κ1) is 11.0. The van der Waals surface area contributed by atoms with Gasteiger partial charge in [0, 0.05) is 23.5 Å². The van der Waals surface area contributed by atoms with Crippen molar-refractivity contribution in [2.45, 2.75) is 6.92 Å². The molecule has 1 N–H and O–H groups in total. The van der Waals surface area contributed by atoms with E-state index in [1.807, 2.05) is 6.92 Å². The zero-order valence-electron chi connectivity index (χ0n) is 8.40. The molecule has 1 amide bonds. The predicted octanol–water partition coefficient (Wildman–Crippen LogP) is 2.75. The summed E-state index contributed by atoms with van der Waals surface area (Å²) in [4.78, 5) is 20.7. The number of halogens is 1. The molecule has 2 heterocycles. The molecule has 6 heteroatoms. The van der Waals surface area contributed by atoms with Crippen LogP contribution in [0.15, 0.2) is 24.7 Å². The van der Waals surface area contributed by atoms with Gasteiger partial charge in [-0.2, -0.15) is 0 Å². The molecule has 0 unspecified atom stereocenters. The minimum absolute atomic E-state index is 0.276. The zero-order valence-corrected chi connectivity index (χ0v) is 9.97. The first-order valence-electron chi connectivity index (χ1n) is 4.50. The molecular formula is C10H8ClN3OS. The number of rotatable bonds is 2. The summed E-state index contributed by atoms with van der Waals surface area (Å²) in [6.07, 6.45) is 4.66. The Morgan fingerprint density at radius 2 is 2.31 bits per heavy atom. The van der Waals surface area contributed by atoms with Gasteiger partial charge in [-0.25, -0.2) is 4.98 Å². The SMILES string of the molecule is Cc1cnc(NC(=O)c2ccncc2Cl)s1. The molecule has 16 heavy (non-hydrogen) atoms. The highest BCUT2D eigenvalue weighted by atomic mass is 35.5. The van der Waals surface area contributed by atoms with Crippen LogP contribution < -0.4 is 5.32 Å². The van der Waals surface area contributed by atoms with E-state index in [-0.39, 0.29) is 5.91 Å². The van der Waals surface area contributed by atoms with E-state index in [1.54, 1.807) is 12.3 Å². The van der Waals surface area contributed by atoms with Gasteiger partial charge in [-0.3, -0.25) is 15.1 Å². The van der Waals surface area contributed by atoms with Crippen molar-refractivity contribution in [3.63, 3.8) is 0 Å². The maximum Gasteiger partial charge on any atom is 0.259 e. The second kappa shape index (κ2) is 4.59. The van der Waals surface area contributed by atoms with Crippen LogP contribution in [-0.4, -0.2) is 15.9 Å². The van der Waals surface area contributed by atoms with E-state index in [1.165, 1.54) is 23.7 Å². The van der Waals surface area contributed by atoms with Crippen molar-refractivity contribution >= 4 is 34.0 Å². The molecule has 2 aromatic heterocycles. The Bertz CT molecular complexity index is 526. The third-order valence-corrected chi connectivity index (χ3v) is 2.99. The molecule has 0 aliphatic rings. The Balaban J connectivity index is 2.18. The number of hydrogen-bond donors (Lipinski definition) is 1. The van der Waals surface area contributed by atoms with Crippen molar-refractivity contribution < 1.29 is 4.79 Å². The third-order valence-electron chi connectivity index (χ3n) is 1.86. The summed E-state index contributed by atoms with van der Waals surface area (Å²) >= 11 is 7.27. The molecule has 4 nitrogen and oxygen atoms in total. The molecule has 0 aliphatic carbocycles. The lowest BCUT2D eigenvalue weighted by Gasteiger charge is -2.02. The number of hydrogen-bond acceptors (Lipinski definition) is 4. The van der Waals surface area contributed by atoms with Gasteiger partial charge in [0.1, 0.15) is 0 Å². The van der Waals surface area contributed by atoms with Gasteiger partial charge < -0.3 is 0 Å². The normalized spacial score (nSPS) is 10.1. The maximum absolute atomic E-state index is 11.8. The molecule has 0 aromatic carbocycles. The van der Waals surface area contributed by atoms with Gasteiger partial charge in [0.15, 0.2) is 5.13 Å². The number of aromatic nitrogens is 2. The Morgan fingerprint density at radius 1 is 1.50 bits per heavy atom. The number of carbonyl (C=O) groups is 1. The van der Waals surface area contributed by atoms with Crippen molar-refractivity contribution in [1.82, 2.24) is 9.97 Å². The van der Waals surface area contributed by atoms with E-state index in [4.69, 9.17) is 11.6 Å². The molecule has 0 saturated heterocycles. The second-order valence-electron chi connectivity index (χ2n) is 3.09. The molecule has 0 bridgehead atoms. The van der Waals surface area contributed by atoms with Crippen LogP contribution in [0.5, 0.6) is 0 Å². The lowest BCUT2D eigenvalue weighted by Crippen LogP contribution is -2.12. The molecular weight excluding hydrogens is 246 g/mol. The van der Waals surface area contributed by atoms with Crippen molar-refractivity contribution in [3.05, 3.63) is 40.1 Å². The van der Waals surface area contributed by atoms with E-state index < -0.39 is 0 Å². The van der Waals surface area contributed by atoms with Gasteiger partial charge >= 0.3 is 0 Å². The highest BCUT2D eigenvalue weighted by molar-refractivity contribution is 7.15. The summed E-state index contributed by atoms with van der Waals surface area (Å²) in [6, 6.07) is 1.57. The van der Waals surface area contributed by atoms with Crippen LogP contribution in [0.3, 0.4) is 0 Å². The number of carbonyl (C=O) groups excluding carboxylic acids is 1. The summed E-state index contributed by atoms with van der Waals surface area (Å²) in [5, 5.41) is 3.57. The Kier molecular flexibility index (Phi) is 3.17. The fraction of sp³-hybridized carbons (Fsp3) is 0.100. The molecule has 0 fully saturated rings. The number of nitrogens with zero attached hydrogens (tertiary/aromatic N) is 2. The predicted molar refractivity (Wildman–Crippen MR) is 64.1 cm³/mol. The van der Waals surface area contributed by atoms with Gasteiger partial charge in [-0.15, -0.1) is 11.3 Å². The van der Waals surface area contributed by atoms with Gasteiger partial charge in [0.05, 0.1) is 10.6 Å². The van der Waals surface area contributed by atoms with E-state index in [9.17, 15) is 4.79 Å². The molecule has 0 radical (unpaired) electrons. The zero-order chi connectivity index (χ0) is 11.5. The number of thiazole rings is 1. The minimum atomic E-state index is -0.276. The summed E-state index contributed by atoms with van der Waals surface area (Å²) in [5.74, 6) is -0.276. The van der Waals surface area contributed by atoms with Crippen molar-refractivity contribution in [2.24, 2.45) is 0 Å². The number of nitrogens with one attached hydrogen (secondary N) is 1. The van der Waals surface area contributed by atoms with Crippen molar-refractivity contribution in [3.8, 4) is 0 Å². The first-order chi connectivity index (χ1) is 7.66.